The van der Waals surface area contributed by atoms with Crippen LogP contribution in [-0.2, 0) is 5.41 Å². The van der Waals surface area contributed by atoms with Gasteiger partial charge >= 0.3 is 0 Å². The van der Waals surface area contributed by atoms with E-state index >= 15 is 0 Å². The minimum Gasteiger partial charge on any atom is -0.339 e. The van der Waals surface area contributed by atoms with Crippen LogP contribution in [0.15, 0.2) is 24.3 Å². The van der Waals surface area contributed by atoms with E-state index in [1.54, 1.807) is 0 Å². The van der Waals surface area contributed by atoms with Gasteiger partial charge in [-0.2, -0.15) is 5.10 Å². The number of aromatic nitrogens is 3. The standard InChI is InChI=1S/C21H28N4O/c1-21(2,3)17-8-6-16(7-9-17)20(26)25-12-10-15(11-13-25)19-22-18(23-24-19)14-4-5-14/h6-9,14-15H,4-5,10-13H2,1-3H3,(H,22,23,24). The molecule has 26 heavy (non-hydrogen) atoms. The van der Waals surface area contributed by atoms with Crippen LogP contribution < -0.4 is 0 Å². The molecule has 5 nitrogen and oxygen atoms in total. The minimum absolute atomic E-state index is 0.107. The second-order valence-corrected chi connectivity index (χ2v) is 8.75. The zero-order valence-corrected chi connectivity index (χ0v) is 16.0. The maximum absolute atomic E-state index is 12.8. The Bertz CT molecular complexity index is 775. The molecule has 138 valence electrons. The monoisotopic (exact) mass is 352 g/mol. The Kier molecular flexibility index (Phi) is 4.33. The third-order valence-electron chi connectivity index (χ3n) is 5.63. The van der Waals surface area contributed by atoms with Gasteiger partial charge in [-0.05, 0) is 48.8 Å². The van der Waals surface area contributed by atoms with Crippen LogP contribution in [0.3, 0.4) is 0 Å². The van der Waals surface area contributed by atoms with E-state index < -0.39 is 0 Å². The molecule has 0 spiro atoms. The first-order valence-electron chi connectivity index (χ1n) is 9.74. The Morgan fingerprint density at radius 2 is 1.69 bits per heavy atom. The largest absolute Gasteiger partial charge is 0.339 e. The van der Waals surface area contributed by atoms with Crippen molar-refractivity contribution >= 4 is 5.91 Å². The van der Waals surface area contributed by atoms with Gasteiger partial charge in [0.1, 0.15) is 5.82 Å². The highest BCUT2D eigenvalue weighted by Crippen LogP contribution is 2.38. The molecule has 1 saturated heterocycles. The summed E-state index contributed by atoms with van der Waals surface area (Å²) in [5, 5.41) is 7.49. The van der Waals surface area contributed by atoms with Crippen LogP contribution in [0.5, 0.6) is 0 Å². The number of rotatable bonds is 3. The molecule has 0 atom stereocenters. The topological polar surface area (TPSA) is 61.9 Å². The third kappa shape index (κ3) is 3.53. The molecule has 1 aromatic carbocycles. The summed E-state index contributed by atoms with van der Waals surface area (Å²) in [6, 6.07) is 8.09. The summed E-state index contributed by atoms with van der Waals surface area (Å²) in [4.78, 5) is 19.5. The third-order valence-corrected chi connectivity index (χ3v) is 5.63. The molecule has 1 amide bonds. The van der Waals surface area contributed by atoms with E-state index in [-0.39, 0.29) is 11.3 Å². The van der Waals surface area contributed by atoms with Crippen molar-refractivity contribution in [2.75, 3.05) is 13.1 Å². The van der Waals surface area contributed by atoms with Crippen LogP contribution in [0, 0.1) is 0 Å². The fourth-order valence-electron chi connectivity index (χ4n) is 3.65. The second-order valence-electron chi connectivity index (χ2n) is 8.75. The molecule has 1 aliphatic heterocycles. The van der Waals surface area contributed by atoms with Gasteiger partial charge in [-0.25, -0.2) is 4.98 Å². The molecular weight excluding hydrogens is 324 g/mol. The molecular formula is C21H28N4O. The molecule has 1 N–H and O–H groups in total. The number of piperidine rings is 1. The first-order chi connectivity index (χ1) is 12.4. The highest BCUT2D eigenvalue weighted by Gasteiger charge is 2.31. The van der Waals surface area contributed by atoms with Crippen molar-refractivity contribution < 1.29 is 4.79 Å². The Hall–Kier alpha value is -2.17. The molecule has 0 unspecified atom stereocenters. The number of nitrogens with one attached hydrogen (secondary N) is 1. The van der Waals surface area contributed by atoms with Crippen molar-refractivity contribution in [1.29, 1.82) is 0 Å². The SMILES string of the molecule is CC(C)(C)c1ccc(C(=O)N2CCC(c3nc(C4CC4)n[nH]3)CC2)cc1. The number of carbonyl (C=O) groups is 1. The van der Waals surface area contributed by atoms with E-state index in [0.29, 0.717) is 11.8 Å². The number of hydrogen-bond donors (Lipinski definition) is 1. The van der Waals surface area contributed by atoms with Crippen LogP contribution in [-0.4, -0.2) is 39.1 Å². The normalized spacial score (nSPS) is 19.0. The van der Waals surface area contributed by atoms with Crippen LogP contribution in [0.4, 0.5) is 0 Å². The van der Waals surface area contributed by atoms with E-state index in [2.05, 4.69) is 48.1 Å². The van der Waals surface area contributed by atoms with Crippen LogP contribution in [0.2, 0.25) is 0 Å². The van der Waals surface area contributed by atoms with Crippen molar-refractivity contribution in [2.24, 2.45) is 0 Å². The second kappa shape index (κ2) is 6.53. The van der Waals surface area contributed by atoms with Gasteiger partial charge < -0.3 is 4.90 Å². The molecule has 4 rings (SSSR count). The smallest absolute Gasteiger partial charge is 0.253 e. The van der Waals surface area contributed by atoms with E-state index in [4.69, 9.17) is 0 Å². The molecule has 1 aliphatic carbocycles. The minimum atomic E-state index is 0.107. The molecule has 0 bridgehead atoms. The number of nitrogens with zero attached hydrogens (tertiary/aromatic N) is 3. The Balaban J connectivity index is 1.37. The maximum atomic E-state index is 12.8. The van der Waals surface area contributed by atoms with Gasteiger partial charge in [-0.1, -0.05) is 32.9 Å². The van der Waals surface area contributed by atoms with E-state index in [1.807, 2.05) is 17.0 Å². The predicted octanol–water partition coefficient (Wildman–Crippen LogP) is 4.00. The summed E-state index contributed by atoms with van der Waals surface area (Å²) in [7, 11) is 0. The Labute approximate surface area is 155 Å². The van der Waals surface area contributed by atoms with Gasteiger partial charge in [-0.3, -0.25) is 9.89 Å². The van der Waals surface area contributed by atoms with Gasteiger partial charge in [0.2, 0.25) is 0 Å². The van der Waals surface area contributed by atoms with Crippen LogP contribution in [0.1, 0.15) is 85.9 Å². The van der Waals surface area contributed by atoms with E-state index in [0.717, 1.165) is 43.1 Å². The number of benzene rings is 1. The molecule has 1 aromatic heterocycles. The summed E-state index contributed by atoms with van der Waals surface area (Å²) < 4.78 is 0. The fourth-order valence-corrected chi connectivity index (χ4v) is 3.65. The fraction of sp³-hybridized carbons (Fsp3) is 0.571. The number of amides is 1. The molecule has 1 saturated carbocycles. The van der Waals surface area contributed by atoms with Crippen molar-refractivity contribution in [3.63, 3.8) is 0 Å². The Morgan fingerprint density at radius 3 is 2.27 bits per heavy atom. The van der Waals surface area contributed by atoms with Crippen molar-refractivity contribution in [3.05, 3.63) is 47.0 Å². The lowest BCUT2D eigenvalue weighted by atomic mass is 9.86. The molecule has 2 fully saturated rings. The first-order valence-corrected chi connectivity index (χ1v) is 9.74. The molecule has 2 heterocycles. The lowest BCUT2D eigenvalue weighted by molar-refractivity contribution is 0.0711. The predicted molar refractivity (Wildman–Crippen MR) is 101 cm³/mol. The molecule has 2 aromatic rings. The van der Waals surface area contributed by atoms with Crippen molar-refractivity contribution in [1.82, 2.24) is 20.1 Å². The number of aromatic amines is 1. The number of hydrogen-bond acceptors (Lipinski definition) is 3. The number of H-pyrrole nitrogens is 1. The summed E-state index contributed by atoms with van der Waals surface area (Å²) in [5.74, 6) is 3.10. The maximum Gasteiger partial charge on any atom is 0.253 e. The average molecular weight is 352 g/mol. The lowest BCUT2D eigenvalue weighted by Crippen LogP contribution is -2.38. The highest BCUT2D eigenvalue weighted by molar-refractivity contribution is 5.94. The van der Waals surface area contributed by atoms with Crippen molar-refractivity contribution in [2.45, 2.75) is 63.7 Å². The van der Waals surface area contributed by atoms with Gasteiger partial charge in [0, 0.05) is 30.5 Å². The summed E-state index contributed by atoms with van der Waals surface area (Å²) in [6.07, 6.45) is 4.34. The summed E-state index contributed by atoms with van der Waals surface area (Å²) in [5.41, 5.74) is 2.15. The molecule has 0 radical (unpaired) electrons. The van der Waals surface area contributed by atoms with Crippen LogP contribution >= 0.6 is 0 Å². The molecule has 5 heteroatoms. The van der Waals surface area contributed by atoms with E-state index in [9.17, 15) is 4.79 Å². The summed E-state index contributed by atoms with van der Waals surface area (Å²) in [6.45, 7) is 8.13. The van der Waals surface area contributed by atoms with E-state index in [1.165, 1.54) is 18.4 Å². The van der Waals surface area contributed by atoms with Gasteiger partial charge in [-0.15, -0.1) is 0 Å². The van der Waals surface area contributed by atoms with Gasteiger partial charge in [0.15, 0.2) is 5.82 Å². The van der Waals surface area contributed by atoms with Gasteiger partial charge in [0.05, 0.1) is 0 Å². The lowest BCUT2D eigenvalue weighted by Gasteiger charge is -2.31. The molecule has 2 aliphatic rings. The number of carbonyl (C=O) groups excluding carboxylic acids is 1. The number of likely N-dealkylation sites (tertiary alicyclic amines) is 1. The summed E-state index contributed by atoms with van der Waals surface area (Å²) >= 11 is 0. The Morgan fingerprint density at radius 1 is 1.04 bits per heavy atom. The highest BCUT2D eigenvalue weighted by atomic mass is 16.2. The van der Waals surface area contributed by atoms with Crippen molar-refractivity contribution in [3.8, 4) is 0 Å². The first kappa shape index (κ1) is 17.3. The zero-order valence-electron chi connectivity index (χ0n) is 16.0. The zero-order chi connectivity index (χ0) is 18.3. The average Bonchev–Trinajstić information content (AvgIpc) is 3.38. The quantitative estimate of drug-likeness (QED) is 0.908. The van der Waals surface area contributed by atoms with Gasteiger partial charge in [0.25, 0.3) is 5.91 Å². The van der Waals surface area contributed by atoms with Crippen LogP contribution in [0.25, 0.3) is 0 Å².